The molecule has 1 amide bonds. The van der Waals surface area contributed by atoms with Crippen LogP contribution in [0.1, 0.15) is 19.5 Å². The van der Waals surface area contributed by atoms with Gasteiger partial charge in [0.15, 0.2) is 0 Å². The minimum atomic E-state index is -0.353. The number of amides is 1. The average molecular weight is 246 g/mol. The van der Waals surface area contributed by atoms with Gasteiger partial charge in [0, 0.05) is 18.5 Å². The Morgan fingerprint density at radius 3 is 2.89 bits per heavy atom. The number of nitrogens with two attached hydrogens (primary N) is 1. The van der Waals surface area contributed by atoms with Crippen LogP contribution in [0.5, 0.6) is 0 Å². The summed E-state index contributed by atoms with van der Waals surface area (Å²) in [6.45, 7) is 5.17. The van der Waals surface area contributed by atoms with Gasteiger partial charge < -0.3 is 11.1 Å². The molecule has 2 aromatic rings. The van der Waals surface area contributed by atoms with Gasteiger partial charge in [-0.2, -0.15) is 5.10 Å². The quantitative estimate of drug-likeness (QED) is 0.827. The predicted octanol–water partition coefficient (Wildman–Crippen LogP) is 1.02. The highest BCUT2D eigenvalue weighted by Gasteiger charge is 2.12. The minimum absolute atomic E-state index is 0.351. The number of hydrogen-bond donors (Lipinski definition) is 2. The second-order valence-corrected chi connectivity index (χ2v) is 4.28. The van der Waals surface area contributed by atoms with Gasteiger partial charge in [-0.05, 0) is 19.9 Å². The SMILES string of the molecule is CCn1nc(CNC(C)C(N)=O)c2ccccc21. The van der Waals surface area contributed by atoms with Gasteiger partial charge in [0.05, 0.1) is 17.3 Å². The fourth-order valence-electron chi connectivity index (χ4n) is 1.92. The number of fused-ring (bicyclic) bond motifs is 1. The molecular formula is C13H18N4O. The molecule has 0 radical (unpaired) electrons. The van der Waals surface area contributed by atoms with Crippen LogP contribution in [0.4, 0.5) is 0 Å². The van der Waals surface area contributed by atoms with Gasteiger partial charge in [0.2, 0.25) is 5.91 Å². The summed E-state index contributed by atoms with van der Waals surface area (Å²) in [4.78, 5) is 11.0. The number of carbonyl (C=O) groups excluding carboxylic acids is 1. The van der Waals surface area contributed by atoms with Crippen molar-refractivity contribution in [1.29, 1.82) is 0 Å². The van der Waals surface area contributed by atoms with Crippen LogP contribution in [0.3, 0.4) is 0 Å². The normalized spacial score (nSPS) is 12.8. The molecule has 0 aliphatic carbocycles. The Labute approximate surface area is 106 Å². The van der Waals surface area contributed by atoms with Crippen LogP contribution in [-0.2, 0) is 17.9 Å². The van der Waals surface area contributed by atoms with E-state index in [1.54, 1.807) is 6.92 Å². The van der Waals surface area contributed by atoms with Crippen molar-refractivity contribution < 1.29 is 4.79 Å². The molecule has 3 N–H and O–H groups in total. The summed E-state index contributed by atoms with van der Waals surface area (Å²) in [5.74, 6) is -0.353. The number of aryl methyl sites for hydroxylation is 1. The van der Waals surface area contributed by atoms with E-state index in [4.69, 9.17) is 5.73 Å². The molecule has 18 heavy (non-hydrogen) atoms. The molecule has 1 aromatic carbocycles. The van der Waals surface area contributed by atoms with Crippen molar-refractivity contribution in [2.24, 2.45) is 5.73 Å². The van der Waals surface area contributed by atoms with Gasteiger partial charge in [-0.3, -0.25) is 9.48 Å². The molecular weight excluding hydrogens is 228 g/mol. The number of para-hydroxylation sites is 1. The summed E-state index contributed by atoms with van der Waals surface area (Å²) in [5, 5.41) is 8.73. The summed E-state index contributed by atoms with van der Waals surface area (Å²) in [5.41, 5.74) is 7.28. The number of primary amides is 1. The van der Waals surface area contributed by atoms with Crippen molar-refractivity contribution in [3.63, 3.8) is 0 Å². The third-order valence-corrected chi connectivity index (χ3v) is 3.04. The molecule has 0 saturated heterocycles. The highest BCUT2D eigenvalue weighted by molar-refractivity contribution is 5.82. The van der Waals surface area contributed by atoms with E-state index < -0.39 is 0 Å². The highest BCUT2D eigenvalue weighted by Crippen LogP contribution is 2.18. The standard InChI is InChI=1S/C13H18N4O/c1-3-17-12-7-5-4-6-10(12)11(16-17)8-15-9(2)13(14)18/h4-7,9,15H,3,8H2,1-2H3,(H2,14,18). The lowest BCUT2D eigenvalue weighted by Crippen LogP contribution is -2.38. The molecule has 0 aliphatic heterocycles. The topological polar surface area (TPSA) is 72.9 Å². The van der Waals surface area contributed by atoms with Gasteiger partial charge in [-0.25, -0.2) is 0 Å². The van der Waals surface area contributed by atoms with Gasteiger partial charge in [-0.1, -0.05) is 18.2 Å². The van der Waals surface area contributed by atoms with Crippen LogP contribution in [0.25, 0.3) is 10.9 Å². The second kappa shape index (κ2) is 5.18. The summed E-state index contributed by atoms with van der Waals surface area (Å²) in [6.07, 6.45) is 0. The molecule has 0 saturated carbocycles. The number of nitrogens with zero attached hydrogens (tertiary/aromatic N) is 2. The lowest BCUT2D eigenvalue weighted by atomic mass is 10.2. The van der Waals surface area contributed by atoms with Crippen molar-refractivity contribution in [3.8, 4) is 0 Å². The zero-order chi connectivity index (χ0) is 13.1. The van der Waals surface area contributed by atoms with E-state index in [0.29, 0.717) is 6.54 Å². The molecule has 1 heterocycles. The van der Waals surface area contributed by atoms with Crippen LogP contribution in [0, 0.1) is 0 Å². The van der Waals surface area contributed by atoms with E-state index in [2.05, 4.69) is 17.3 Å². The third kappa shape index (κ3) is 2.36. The molecule has 0 spiro atoms. The number of aromatic nitrogens is 2. The zero-order valence-electron chi connectivity index (χ0n) is 10.7. The van der Waals surface area contributed by atoms with E-state index in [-0.39, 0.29) is 11.9 Å². The van der Waals surface area contributed by atoms with Gasteiger partial charge >= 0.3 is 0 Å². The molecule has 5 nitrogen and oxygen atoms in total. The second-order valence-electron chi connectivity index (χ2n) is 4.28. The van der Waals surface area contributed by atoms with Crippen LogP contribution in [0.2, 0.25) is 0 Å². The molecule has 1 aromatic heterocycles. The summed E-state index contributed by atoms with van der Waals surface area (Å²) < 4.78 is 1.96. The Bertz CT molecular complexity index is 561. The Morgan fingerprint density at radius 2 is 2.22 bits per heavy atom. The van der Waals surface area contributed by atoms with Gasteiger partial charge in [-0.15, -0.1) is 0 Å². The Kier molecular flexibility index (Phi) is 3.62. The number of rotatable bonds is 5. The van der Waals surface area contributed by atoms with Crippen molar-refractivity contribution in [1.82, 2.24) is 15.1 Å². The summed E-state index contributed by atoms with van der Waals surface area (Å²) >= 11 is 0. The average Bonchev–Trinajstić information content (AvgIpc) is 2.74. The number of benzene rings is 1. The largest absolute Gasteiger partial charge is 0.368 e. The summed E-state index contributed by atoms with van der Waals surface area (Å²) in [7, 11) is 0. The molecule has 1 atom stereocenters. The molecule has 0 aliphatic rings. The molecule has 5 heteroatoms. The first-order valence-electron chi connectivity index (χ1n) is 6.10. The minimum Gasteiger partial charge on any atom is -0.368 e. The first-order chi connectivity index (χ1) is 8.63. The highest BCUT2D eigenvalue weighted by atomic mass is 16.1. The molecule has 1 unspecified atom stereocenters. The van der Waals surface area contributed by atoms with Crippen molar-refractivity contribution in [3.05, 3.63) is 30.0 Å². The Hall–Kier alpha value is -1.88. The number of hydrogen-bond acceptors (Lipinski definition) is 3. The maximum absolute atomic E-state index is 11.0. The Balaban J connectivity index is 2.25. The van der Waals surface area contributed by atoms with Crippen LogP contribution < -0.4 is 11.1 Å². The van der Waals surface area contributed by atoms with Gasteiger partial charge in [0.25, 0.3) is 0 Å². The van der Waals surface area contributed by atoms with E-state index in [0.717, 1.165) is 23.1 Å². The molecule has 2 rings (SSSR count). The number of nitrogens with one attached hydrogen (secondary N) is 1. The molecule has 0 bridgehead atoms. The van der Waals surface area contributed by atoms with E-state index in [1.165, 1.54) is 0 Å². The van der Waals surface area contributed by atoms with Crippen LogP contribution in [0.15, 0.2) is 24.3 Å². The molecule has 0 fully saturated rings. The first kappa shape index (κ1) is 12.6. The van der Waals surface area contributed by atoms with Crippen molar-refractivity contribution in [2.45, 2.75) is 33.0 Å². The fraction of sp³-hybridized carbons (Fsp3) is 0.385. The fourth-order valence-corrected chi connectivity index (χ4v) is 1.92. The zero-order valence-corrected chi connectivity index (χ0v) is 10.7. The van der Waals surface area contributed by atoms with Crippen LogP contribution in [-0.4, -0.2) is 21.7 Å². The molecule has 96 valence electrons. The lowest BCUT2D eigenvalue weighted by Gasteiger charge is -2.08. The van der Waals surface area contributed by atoms with Gasteiger partial charge in [0.1, 0.15) is 0 Å². The van der Waals surface area contributed by atoms with E-state index in [9.17, 15) is 4.79 Å². The van der Waals surface area contributed by atoms with Crippen molar-refractivity contribution in [2.75, 3.05) is 0 Å². The number of carbonyl (C=O) groups is 1. The lowest BCUT2D eigenvalue weighted by molar-refractivity contribution is -0.119. The third-order valence-electron chi connectivity index (χ3n) is 3.04. The monoisotopic (exact) mass is 246 g/mol. The van der Waals surface area contributed by atoms with Crippen LogP contribution >= 0.6 is 0 Å². The summed E-state index contributed by atoms with van der Waals surface area (Å²) in [6, 6.07) is 7.73. The van der Waals surface area contributed by atoms with Crippen molar-refractivity contribution >= 4 is 16.8 Å². The Morgan fingerprint density at radius 1 is 1.50 bits per heavy atom. The maximum atomic E-state index is 11.0. The van der Waals surface area contributed by atoms with E-state index in [1.807, 2.05) is 28.9 Å². The smallest absolute Gasteiger partial charge is 0.234 e. The van der Waals surface area contributed by atoms with E-state index >= 15 is 0 Å². The first-order valence-corrected chi connectivity index (χ1v) is 6.10. The maximum Gasteiger partial charge on any atom is 0.234 e. The predicted molar refractivity (Wildman–Crippen MR) is 70.9 cm³/mol.